The number of fused-ring (bicyclic) bond motifs is 1. The van der Waals surface area contributed by atoms with Gasteiger partial charge in [-0.05, 0) is 43.3 Å². The van der Waals surface area contributed by atoms with Crippen molar-refractivity contribution in [1.29, 1.82) is 0 Å². The number of halogens is 1. The van der Waals surface area contributed by atoms with E-state index in [1.54, 1.807) is 25.3 Å². The van der Waals surface area contributed by atoms with Gasteiger partial charge in [-0.25, -0.2) is 4.98 Å². The van der Waals surface area contributed by atoms with Crippen LogP contribution >= 0.6 is 11.6 Å². The standard InChI is InChI=1S/C24H19ClN2O2/c1-15-8-10-20-18(12-15)19(14-21(26-20)16-6-4-3-5-7-16)24(28)27-22-13-17(25)9-11-23(22)29-2/h3-14H,1-2H3,(H,27,28). The van der Waals surface area contributed by atoms with E-state index in [9.17, 15) is 4.79 Å². The summed E-state index contributed by atoms with van der Waals surface area (Å²) >= 11 is 6.11. The van der Waals surface area contributed by atoms with E-state index in [4.69, 9.17) is 21.3 Å². The molecule has 0 aliphatic rings. The number of hydrogen-bond donors (Lipinski definition) is 1. The lowest BCUT2D eigenvalue weighted by Crippen LogP contribution is -2.14. The van der Waals surface area contributed by atoms with Gasteiger partial charge >= 0.3 is 0 Å². The van der Waals surface area contributed by atoms with Crippen LogP contribution in [0.25, 0.3) is 22.2 Å². The SMILES string of the molecule is COc1ccc(Cl)cc1NC(=O)c1cc(-c2ccccc2)nc2ccc(C)cc12. The smallest absolute Gasteiger partial charge is 0.256 e. The summed E-state index contributed by atoms with van der Waals surface area (Å²) in [6, 6.07) is 22.6. The van der Waals surface area contributed by atoms with Crippen molar-refractivity contribution in [2.24, 2.45) is 0 Å². The summed E-state index contributed by atoms with van der Waals surface area (Å²) in [6.45, 7) is 1.99. The molecule has 0 atom stereocenters. The summed E-state index contributed by atoms with van der Waals surface area (Å²) < 4.78 is 5.35. The highest BCUT2D eigenvalue weighted by Crippen LogP contribution is 2.30. The van der Waals surface area contributed by atoms with Crippen LogP contribution in [0.4, 0.5) is 5.69 Å². The van der Waals surface area contributed by atoms with Crippen LogP contribution in [0.15, 0.2) is 72.8 Å². The third kappa shape index (κ3) is 3.93. The number of nitrogens with zero attached hydrogens (tertiary/aromatic N) is 1. The molecule has 29 heavy (non-hydrogen) atoms. The van der Waals surface area contributed by atoms with Gasteiger partial charge in [0.25, 0.3) is 5.91 Å². The van der Waals surface area contributed by atoms with Gasteiger partial charge in [0.2, 0.25) is 0 Å². The Labute approximate surface area is 174 Å². The van der Waals surface area contributed by atoms with Crippen LogP contribution in [0.1, 0.15) is 15.9 Å². The molecular weight excluding hydrogens is 384 g/mol. The van der Waals surface area contributed by atoms with Crippen molar-refractivity contribution in [3.63, 3.8) is 0 Å². The first-order valence-corrected chi connectivity index (χ1v) is 9.54. The van der Waals surface area contributed by atoms with Gasteiger partial charge in [-0.2, -0.15) is 0 Å². The average molecular weight is 403 g/mol. The van der Waals surface area contributed by atoms with Crippen molar-refractivity contribution in [2.45, 2.75) is 6.92 Å². The van der Waals surface area contributed by atoms with Crippen LogP contribution in [-0.2, 0) is 0 Å². The molecule has 0 fully saturated rings. The number of pyridine rings is 1. The van der Waals surface area contributed by atoms with Gasteiger partial charge in [-0.15, -0.1) is 0 Å². The predicted molar refractivity (Wildman–Crippen MR) is 118 cm³/mol. The fourth-order valence-electron chi connectivity index (χ4n) is 3.25. The second kappa shape index (κ2) is 7.94. The Balaban J connectivity index is 1.84. The fraction of sp³-hybridized carbons (Fsp3) is 0.0833. The first-order chi connectivity index (χ1) is 14.0. The molecule has 5 heteroatoms. The topological polar surface area (TPSA) is 51.2 Å². The van der Waals surface area contributed by atoms with E-state index in [0.29, 0.717) is 22.0 Å². The summed E-state index contributed by atoms with van der Waals surface area (Å²) in [6.07, 6.45) is 0. The summed E-state index contributed by atoms with van der Waals surface area (Å²) in [4.78, 5) is 18.0. The van der Waals surface area contributed by atoms with Crippen molar-refractivity contribution in [3.8, 4) is 17.0 Å². The van der Waals surface area contributed by atoms with Crippen molar-refractivity contribution in [3.05, 3.63) is 88.9 Å². The summed E-state index contributed by atoms with van der Waals surface area (Å²) in [5.41, 5.74) is 4.57. The van der Waals surface area contributed by atoms with E-state index in [-0.39, 0.29) is 5.91 Å². The maximum atomic E-state index is 13.3. The molecule has 0 radical (unpaired) electrons. The quantitative estimate of drug-likeness (QED) is 0.447. The van der Waals surface area contributed by atoms with E-state index >= 15 is 0 Å². The lowest BCUT2D eigenvalue weighted by molar-refractivity contribution is 0.102. The molecule has 0 aliphatic carbocycles. The third-order valence-corrected chi connectivity index (χ3v) is 4.92. The van der Waals surface area contributed by atoms with Gasteiger partial charge in [0.15, 0.2) is 0 Å². The third-order valence-electron chi connectivity index (χ3n) is 4.69. The predicted octanol–water partition coefficient (Wildman–Crippen LogP) is 6.12. The molecule has 0 spiro atoms. The summed E-state index contributed by atoms with van der Waals surface area (Å²) in [5, 5.41) is 4.24. The van der Waals surface area contributed by atoms with Crippen LogP contribution < -0.4 is 10.1 Å². The fourth-order valence-corrected chi connectivity index (χ4v) is 3.42. The molecule has 4 rings (SSSR count). The highest BCUT2D eigenvalue weighted by Gasteiger charge is 2.16. The van der Waals surface area contributed by atoms with Gasteiger partial charge in [0.1, 0.15) is 5.75 Å². The number of anilines is 1. The molecule has 0 saturated heterocycles. The molecule has 1 aromatic heterocycles. The molecule has 1 N–H and O–H groups in total. The number of carbonyl (C=O) groups excluding carboxylic acids is 1. The number of benzene rings is 3. The number of carbonyl (C=O) groups is 1. The van der Waals surface area contributed by atoms with Crippen LogP contribution in [0.5, 0.6) is 5.75 Å². The Morgan fingerprint density at radius 3 is 2.55 bits per heavy atom. The molecule has 0 saturated carbocycles. The minimum atomic E-state index is -0.249. The number of ether oxygens (including phenoxy) is 1. The Bertz CT molecular complexity index is 1210. The summed E-state index contributed by atoms with van der Waals surface area (Å²) in [5.74, 6) is 0.293. The zero-order chi connectivity index (χ0) is 20.4. The number of nitrogens with one attached hydrogen (secondary N) is 1. The normalized spacial score (nSPS) is 10.7. The molecule has 1 heterocycles. The molecular formula is C24H19ClN2O2. The first-order valence-electron chi connectivity index (χ1n) is 9.17. The molecule has 3 aromatic carbocycles. The van der Waals surface area contributed by atoms with Gasteiger partial charge in [-0.1, -0.05) is 53.6 Å². The molecule has 4 aromatic rings. The second-order valence-electron chi connectivity index (χ2n) is 6.74. The highest BCUT2D eigenvalue weighted by atomic mass is 35.5. The van der Waals surface area contributed by atoms with Crippen molar-refractivity contribution < 1.29 is 9.53 Å². The minimum absolute atomic E-state index is 0.249. The van der Waals surface area contributed by atoms with Crippen LogP contribution in [0.3, 0.4) is 0 Å². The average Bonchev–Trinajstić information content (AvgIpc) is 2.73. The van der Waals surface area contributed by atoms with E-state index in [0.717, 1.165) is 27.7 Å². The number of amides is 1. The Morgan fingerprint density at radius 1 is 1.00 bits per heavy atom. The first kappa shape index (κ1) is 19.0. The lowest BCUT2D eigenvalue weighted by Gasteiger charge is -2.13. The van der Waals surface area contributed by atoms with Gasteiger partial charge < -0.3 is 10.1 Å². The maximum absolute atomic E-state index is 13.3. The van der Waals surface area contributed by atoms with Crippen LogP contribution in [0, 0.1) is 6.92 Å². The lowest BCUT2D eigenvalue weighted by atomic mass is 10.0. The number of methoxy groups -OCH3 is 1. The largest absolute Gasteiger partial charge is 0.495 e. The monoisotopic (exact) mass is 402 g/mol. The Kier molecular flexibility index (Phi) is 5.19. The van der Waals surface area contributed by atoms with E-state index in [1.807, 2.05) is 61.5 Å². The molecule has 0 bridgehead atoms. The van der Waals surface area contributed by atoms with Crippen molar-refractivity contribution in [1.82, 2.24) is 4.98 Å². The number of hydrogen-bond acceptors (Lipinski definition) is 3. The molecule has 0 unspecified atom stereocenters. The maximum Gasteiger partial charge on any atom is 0.256 e. The van der Waals surface area contributed by atoms with E-state index < -0.39 is 0 Å². The number of aryl methyl sites for hydroxylation is 1. The zero-order valence-corrected chi connectivity index (χ0v) is 16.8. The Hall–Kier alpha value is -3.37. The number of rotatable bonds is 4. The van der Waals surface area contributed by atoms with Crippen LogP contribution in [-0.4, -0.2) is 18.0 Å². The van der Waals surface area contributed by atoms with Gasteiger partial charge in [-0.3, -0.25) is 4.79 Å². The molecule has 0 aliphatic heterocycles. The minimum Gasteiger partial charge on any atom is -0.495 e. The van der Waals surface area contributed by atoms with Crippen LogP contribution in [0.2, 0.25) is 5.02 Å². The Morgan fingerprint density at radius 2 is 1.79 bits per heavy atom. The van der Waals surface area contributed by atoms with E-state index in [1.165, 1.54) is 0 Å². The number of aromatic nitrogens is 1. The van der Waals surface area contributed by atoms with Crippen molar-refractivity contribution in [2.75, 3.05) is 12.4 Å². The van der Waals surface area contributed by atoms with Gasteiger partial charge in [0, 0.05) is 16.0 Å². The molecule has 144 valence electrons. The van der Waals surface area contributed by atoms with Gasteiger partial charge in [0.05, 0.1) is 29.6 Å². The second-order valence-corrected chi connectivity index (χ2v) is 7.18. The van der Waals surface area contributed by atoms with Crippen molar-refractivity contribution >= 4 is 34.1 Å². The molecule has 1 amide bonds. The van der Waals surface area contributed by atoms with E-state index in [2.05, 4.69) is 5.32 Å². The molecule has 4 nitrogen and oxygen atoms in total. The summed E-state index contributed by atoms with van der Waals surface area (Å²) in [7, 11) is 1.55. The highest BCUT2D eigenvalue weighted by molar-refractivity contribution is 6.31. The zero-order valence-electron chi connectivity index (χ0n) is 16.1.